The van der Waals surface area contributed by atoms with E-state index in [1.165, 1.54) is 23.9 Å². The second kappa shape index (κ2) is 12.3. The molecule has 8 heteroatoms. The standard InChI is InChI=1S/C23H27Cl2FN2O2S/c1-15(2)11-27-23(30)16(3)28(12-18-6-9-20(24)21(25)10-18)22(29)14-31-13-17-4-7-19(26)8-5-17/h4-10,15-16H,11-14H2,1-3H3,(H,27,30). The number of halogens is 3. The van der Waals surface area contributed by atoms with Crippen molar-refractivity contribution in [2.24, 2.45) is 5.92 Å². The minimum absolute atomic E-state index is 0.162. The first kappa shape index (κ1) is 25.5. The molecule has 1 N–H and O–H groups in total. The maximum absolute atomic E-state index is 13.1. The smallest absolute Gasteiger partial charge is 0.242 e. The molecule has 1 atom stereocenters. The van der Waals surface area contributed by atoms with Gasteiger partial charge in [-0.15, -0.1) is 11.8 Å². The van der Waals surface area contributed by atoms with Crippen molar-refractivity contribution in [1.82, 2.24) is 10.2 Å². The molecule has 0 saturated carbocycles. The third-order valence-electron chi connectivity index (χ3n) is 4.60. The lowest BCUT2D eigenvalue weighted by atomic mass is 10.1. The van der Waals surface area contributed by atoms with Crippen LogP contribution in [0.5, 0.6) is 0 Å². The molecule has 2 aromatic carbocycles. The molecule has 0 aliphatic rings. The largest absolute Gasteiger partial charge is 0.354 e. The fraction of sp³-hybridized carbons (Fsp3) is 0.391. The normalized spacial score (nSPS) is 12.0. The van der Waals surface area contributed by atoms with Gasteiger partial charge in [0.1, 0.15) is 11.9 Å². The Hall–Kier alpha value is -1.76. The fourth-order valence-electron chi connectivity index (χ4n) is 2.79. The lowest BCUT2D eigenvalue weighted by molar-refractivity contribution is -0.138. The highest BCUT2D eigenvalue weighted by Crippen LogP contribution is 2.24. The molecule has 0 spiro atoms. The molecule has 0 radical (unpaired) electrons. The second-order valence-electron chi connectivity index (χ2n) is 7.70. The van der Waals surface area contributed by atoms with Crippen molar-refractivity contribution in [3.8, 4) is 0 Å². The van der Waals surface area contributed by atoms with E-state index < -0.39 is 6.04 Å². The number of hydrogen-bond donors (Lipinski definition) is 1. The molecular weight excluding hydrogens is 458 g/mol. The van der Waals surface area contributed by atoms with Gasteiger partial charge in [0, 0.05) is 18.8 Å². The van der Waals surface area contributed by atoms with Crippen LogP contribution in [0, 0.1) is 11.7 Å². The van der Waals surface area contributed by atoms with Crippen LogP contribution < -0.4 is 5.32 Å². The zero-order chi connectivity index (χ0) is 23.0. The van der Waals surface area contributed by atoms with Crippen molar-refractivity contribution in [3.05, 3.63) is 69.5 Å². The van der Waals surface area contributed by atoms with Crippen LogP contribution in [0.15, 0.2) is 42.5 Å². The number of nitrogens with one attached hydrogen (secondary N) is 1. The first-order chi connectivity index (χ1) is 14.7. The van der Waals surface area contributed by atoms with E-state index in [1.54, 1.807) is 42.2 Å². The Morgan fingerprint density at radius 3 is 2.29 bits per heavy atom. The Bertz CT molecular complexity index is 894. The van der Waals surface area contributed by atoms with E-state index in [0.717, 1.165) is 11.1 Å². The van der Waals surface area contributed by atoms with Gasteiger partial charge in [0.2, 0.25) is 11.8 Å². The van der Waals surface area contributed by atoms with Gasteiger partial charge in [-0.3, -0.25) is 9.59 Å². The van der Waals surface area contributed by atoms with E-state index in [-0.39, 0.29) is 29.9 Å². The first-order valence-corrected chi connectivity index (χ1v) is 11.9. The summed E-state index contributed by atoms with van der Waals surface area (Å²) in [6, 6.07) is 10.7. The number of nitrogens with zero attached hydrogens (tertiary/aromatic N) is 1. The molecule has 0 bridgehead atoms. The van der Waals surface area contributed by atoms with Crippen molar-refractivity contribution in [1.29, 1.82) is 0 Å². The first-order valence-electron chi connectivity index (χ1n) is 10.0. The molecule has 0 fully saturated rings. The number of carbonyl (C=O) groups is 2. The molecule has 0 heterocycles. The zero-order valence-electron chi connectivity index (χ0n) is 17.8. The Kier molecular flexibility index (Phi) is 10.1. The van der Waals surface area contributed by atoms with Gasteiger partial charge in [0.25, 0.3) is 0 Å². The third kappa shape index (κ3) is 8.36. The van der Waals surface area contributed by atoms with E-state index in [1.807, 2.05) is 13.8 Å². The van der Waals surface area contributed by atoms with Gasteiger partial charge in [-0.1, -0.05) is 55.2 Å². The molecule has 0 aliphatic carbocycles. The fourth-order valence-corrected chi connectivity index (χ4v) is 3.98. The highest BCUT2D eigenvalue weighted by atomic mass is 35.5. The molecule has 168 valence electrons. The number of rotatable bonds is 10. The summed E-state index contributed by atoms with van der Waals surface area (Å²) in [5.41, 5.74) is 1.72. The summed E-state index contributed by atoms with van der Waals surface area (Å²) in [4.78, 5) is 27.2. The van der Waals surface area contributed by atoms with Gasteiger partial charge in [-0.05, 0) is 48.2 Å². The van der Waals surface area contributed by atoms with Crippen LogP contribution >= 0.6 is 35.0 Å². The second-order valence-corrected chi connectivity index (χ2v) is 9.50. The maximum Gasteiger partial charge on any atom is 0.242 e. The van der Waals surface area contributed by atoms with E-state index >= 15 is 0 Å². The maximum atomic E-state index is 13.1. The van der Waals surface area contributed by atoms with Gasteiger partial charge in [-0.25, -0.2) is 4.39 Å². The van der Waals surface area contributed by atoms with Crippen molar-refractivity contribution in [2.45, 2.75) is 39.1 Å². The molecule has 0 aromatic heterocycles. The summed E-state index contributed by atoms with van der Waals surface area (Å²) in [6.45, 7) is 6.52. The van der Waals surface area contributed by atoms with E-state index in [9.17, 15) is 14.0 Å². The van der Waals surface area contributed by atoms with Crippen molar-refractivity contribution in [3.63, 3.8) is 0 Å². The SMILES string of the molecule is CC(C)CNC(=O)C(C)N(Cc1ccc(Cl)c(Cl)c1)C(=O)CSCc1ccc(F)cc1. The number of carbonyl (C=O) groups excluding carboxylic acids is 2. The lowest BCUT2D eigenvalue weighted by Crippen LogP contribution is -2.48. The van der Waals surface area contributed by atoms with Crippen LogP contribution in [0.1, 0.15) is 31.9 Å². The Morgan fingerprint density at radius 2 is 1.68 bits per heavy atom. The van der Waals surface area contributed by atoms with Crippen molar-refractivity contribution < 1.29 is 14.0 Å². The Balaban J connectivity index is 2.08. The van der Waals surface area contributed by atoms with Crippen molar-refractivity contribution in [2.75, 3.05) is 12.3 Å². The molecule has 31 heavy (non-hydrogen) atoms. The summed E-state index contributed by atoms with van der Waals surface area (Å²) < 4.78 is 13.1. The zero-order valence-corrected chi connectivity index (χ0v) is 20.2. The van der Waals surface area contributed by atoms with Crippen LogP contribution in [-0.2, 0) is 21.9 Å². The number of amides is 2. The molecule has 0 saturated heterocycles. The average Bonchev–Trinajstić information content (AvgIpc) is 2.73. The van der Waals surface area contributed by atoms with Crippen LogP contribution in [0.3, 0.4) is 0 Å². The highest BCUT2D eigenvalue weighted by molar-refractivity contribution is 7.99. The number of thioether (sulfide) groups is 1. The van der Waals surface area contributed by atoms with E-state index in [0.29, 0.717) is 28.3 Å². The molecule has 1 unspecified atom stereocenters. The molecule has 4 nitrogen and oxygen atoms in total. The van der Waals surface area contributed by atoms with Crippen LogP contribution in [0.4, 0.5) is 4.39 Å². The van der Waals surface area contributed by atoms with E-state index in [4.69, 9.17) is 23.2 Å². The predicted octanol–water partition coefficient (Wildman–Crippen LogP) is 5.56. The summed E-state index contributed by atoms with van der Waals surface area (Å²) in [5, 5.41) is 3.72. The quantitative estimate of drug-likeness (QED) is 0.480. The monoisotopic (exact) mass is 484 g/mol. The molecule has 0 aliphatic heterocycles. The number of benzene rings is 2. The Morgan fingerprint density at radius 1 is 1.03 bits per heavy atom. The average molecular weight is 485 g/mol. The highest BCUT2D eigenvalue weighted by Gasteiger charge is 2.26. The minimum atomic E-state index is -0.646. The van der Waals surface area contributed by atoms with Crippen LogP contribution in [0.25, 0.3) is 0 Å². The molecular formula is C23H27Cl2FN2O2S. The topological polar surface area (TPSA) is 49.4 Å². The lowest BCUT2D eigenvalue weighted by Gasteiger charge is -2.29. The number of hydrogen-bond acceptors (Lipinski definition) is 3. The van der Waals surface area contributed by atoms with Crippen LogP contribution in [-0.4, -0.2) is 35.1 Å². The van der Waals surface area contributed by atoms with Gasteiger partial charge in [0.05, 0.1) is 15.8 Å². The molecule has 2 rings (SSSR count). The summed E-state index contributed by atoms with van der Waals surface area (Å²) in [7, 11) is 0. The van der Waals surface area contributed by atoms with Gasteiger partial charge in [-0.2, -0.15) is 0 Å². The van der Waals surface area contributed by atoms with Crippen molar-refractivity contribution >= 4 is 46.8 Å². The Labute approximate surface area is 197 Å². The van der Waals surface area contributed by atoms with Gasteiger partial charge in [0.15, 0.2) is 0 Å². The summed E-state index contributed by atoms with van der Waals surface area (Å²) in [6.07, 6.45) is 0. The van der Waals surface area contributed by atoms with Gasteiger partial charge >= 0.3 is 0 Å². The predicted molar refractivity (Wildman–Crippen MR) is 127 cm³/mol. The van der Waals surface area contributed by atoms with Crippen LogP contribution in [0.2, 0.25) is 10.0 Å². The van der Waals surface area contributed by atoms with Gasteiger partial charge < -0.3 is 10.2 Å². The summed E-state index contributed by atoms with van der Waals surface area (Å²) >= 11 is 13.5. The third-order valence-corrected chi connectivity index (χ3v) is 6.32. The minimum Gasteiger partial charge on any atom is -0.354 e. The summed E-state index contributed by atoms with van der Waals surface area (Å²) in [5.74, 6) is 0.415. The molecule has 2 amide bonds. The van der Waals surface area contributed by atoms with E-state index in [2.05, 4.69) is 5.32 Å². The molecule has 2 aromatic rings.